The Hall–Kier alpha value is -1.76. The monoisotopic (exact) mass is 460 g/mol. The molecule has 0 unspecified atom stereocenters. The molecule has 0 aliphatic heterocycles. The van der Waals surface area contributed by atoms with Gasteiger partial charge >= 0.3 is 11.9 Å². The zero-order valence-electron chi connectivity index (χ0n) is 13.9. The third-order valence-electron chi connectivity index (χ3n) is 2.96. The first kappa shape index (κ1) is 20.6. The lowest BCUT2D eigenvalue weighted by Crippen LogP contribution is -2.18. The average Bonchev–Trinajstić information content (AvgIpc) is 2.53. The molecule has 2 rings (SSSR count). The summed E-state index contributed by atoms with van der Waals surface area (Å²) in [6.07, 6.45) is -0.212. The normalized spacial score (nSPS) is 10.5. The van der Waals surface area contributed by atoms with E-state index in [0.29, 0.717) is 20.8 Å². The van der Waals surface area contributed by atoms with Gasteiger partial charge in [-0.3, -0.25) is 0 Å². The Bertz CT molecular complexity index is 783. The van der Waals surface area contributed by atoms with Crippen molar-refractivity contribution in [2.45, 2.75) is 20.0 Å². The predicted molar refractivity (Wildman–Crippen MR) is 102 cm³/mol. The van der Waals surface area contributed by atoms with Crippen LogP contribution in [0.2, 0.25) is 10.0 Å². The van der Waals surface area contributed by atoms with E-state index >= 15 is 0 Å². The largest absolute Gasteiger partial charge is 0.479 e. The van der Waals surface area contributed by atoms with Crippen LogP contribution in [0, 0.1) is 0 Å². The summed E-state index contributed by atoms with van der Waals surface area (Å²) in [5, 5.41) is 0.707. The molecule has 0 heterocycles. The van der Waals surface area contributed by atoms with Crippen LogP contribution in [0.15, 0.2) is 40.9 Å². The Balaban J connectivity index is 1.93. The predicted octanol–water partition coefficient (Wildman–Crippen LogP) is 5.31. The van der Waals surface area contributed by atoms with Crippen molar-refractivity contribution < 1.29 is 23.8 Å². The van der Waals surface area contributed by atoms with Gasteiger partial charge in [0.25, 0.3) is 0 Å². The van der Waals surface area contributed by atoms with Crippen LogP contribution < -0.4 is 9.47 Å². The highest BCUT2D eigenvalue weighted by atomic mass is 79.9. The molecule has 0 aliphatic carbocycles. The molecular weight excluding hydrogens is 447 g/mol. The van der Waals surface area contributed by atoms with Gasteiger partial charge in [0, 0.05) is 5.02 Å². The first-order valence-electron chi connectivity index (χ1n) is 7.55. The second-order valence-electron chi connectivity index (χ2n) is 5.44. The molecule has 0 amide bonds. The Morgan fingerprint density at radius 1 is 1.12 bits per heavy atom. The van der Waals surface area contributed by atoms with Gasteiger partial charge < -0.3 is 14.2 Å². The number of rotatable bonds is 6. The van der Waals surface area contributed by atoms with E-state index in [1.807, 2.05) is 0 Å². The van der Waals surface area contributed by atoms with Gasteiger partial charge in [0.15, 0.2) is 12.4 Å². The fourth-order valence-corrected chi connectivity index (χ4v) is 3.27. The van der Waals surface area contributed by atoms with Crippen molar-refractivity contribution in [1.29, 1.82) is 0 Å². The van der Waals surface area contributed by atoms with Crippen molar-refractivity contribution >= 4 is 51.1 Å². The van der Waals surface area contributed by atoms with E-state index < -0.39 is 11.9 Å². The number of hydrogen-bond acceptors (Lipinski definition) is 5. The summed E-state index contributed by atoms with van der Waals surface area (Å²) in [5.41, 5.74) is 0.367. The Kier molecular flexibility index (Phi) is 7.32. The minimum Gasteiger partial charge on any atom is -0.479 e. The average molecular weight is 462 g/mol. The van der Waals surface area contributed by atoms with Crippen LogP contribution in [0.4, 0.5) is 0 Å². The maximum atomic E-state index is 11.9. The molecule has 0 N–H and O–H groups in total. The molecule has 26 heavy (non-hydrogen) atoms. The van der Waals surface area contributed by atoms with Crippen LogP contribution >= 0.6 is 39.1 Å². The topological polar surface area (TPSA) is 61.8 Å². The van der Waals surface area contributed by atoms with Gasteiger partial charge in [-0.15, -0.1) is 0 Å². The van der Waals surface area contributed by atoms with Gasteiger partial charge in [0.2, 0.25) is 0 Å². The van der Waals surface area contributed by atoms with Crippen molar-refractivity contribution in [3.05, 3.63) is 56.5 Å². The van der Waals surface area contributed by atoms with E-state index in [9.17, 15) is 9.59 Å². The Morgan fingerprint density at radius 2 is 1.77 bits per heavy atom. The molecule has 138 valence electrons. The lowest BCUT2D eigenvalue weighted by molar-refractivity contribution is -0.136. The van der Waals surface area contributed by atoms with E-state index in [1.54, 1.807) is 19.9 Å². The fraction of sp³-hybridized carbons (Fsp3) is 0.222. The molecule has 0 spiro atoms. The minimum absolute atomic E-state index is 0.212. The summed E-state index contributed by atoms with van der Waals surface area (Å²) < 4.78 is 16.1. The van der Waals surface area contributed by atoms with Gasteiger partial charge in [0.05, 0.1) is 21.2 Å². The number of carbonyl (C=O) groups excluding carboxylic acids is 2. The fourth-order valence-electron chi connectivity index (χ4n) is 1.90. The van der Waals surface area contributed by atoms with E-state index in [4.69, 9.17) is 37.4 Å². The van der Waals surface area contributed by atoms with Crippen molar-refractivity contribution in [2.75, 3.05) is 6.61 Å². The molecule has 0 aromatic heterocycles. The summed E-state index contributed by atoms with van der Waals surface area (Å²) >= 11 is 15.1. The number of hydrogen-bond donors (Lipinski definition) is 0. The second-order valence-corrected chi connectivity index (χ2v) is 7.14. The van der Waals surface area contributed by atoms with E-state index in [2.05, 4.69) is 15.9 Å². The smallest absolute Gasteiger partial charge is 0.349 e. The van der Waals surface area contributed by atoms with Gasteiger partial charge in [0.1, 0.15) is 5.75 Å². The highest BCUT2D eigenvalue weighted by molar-refractivity contribution is 9.10. The standard InChI is InChI=1S/C18H15BrCl2O5/c1-10(2)25-18(23)11-3-5-13(6-4-11)26-16(22)9-24-17-14(19)7-12(20)8-15(17)21/h3-8,10H,9H2,1-2H3. The molecule has 2 aromatic carbocycles. The van der Waals surface area contributed by atoms with Gasteiger partial charge in [-0.05, 0) is 66.2 Å². The van der Waals surface area contributed by atoms with Gasteiger partial charge in [-0.25, -0.2) is 9.59 Å². The SMILES string of the molecule is CC(C)OC(=O)c1ccc(OC(=O)COc2c(Cl)cc(Cl)cc2Br)cc1. The first-order valence-corrected chi connectivity index (χ1v) is 9.10. The number of benzene rings is 2. The Labute approximate surface area is 169 Å². The van der Waals surface area contributed by atoms with Crippen molar-refractivity contribution in [3.8, 4) is 11.5 Å². The summed E-state index contributed by atoms with van der Waals surface area (Å²) in [6, 6.07) is 9.13. The highest BCUT2D eigenvalue weighted by Gasteiger charge is 2.13. The van der Waals surface area contributed by atoms with Gasteiger partial charge in [-0.2, -0.15) is 0 Å². The molecular formula is C18H15BrCl2O5. The quantitative estimate of drug-likeness (QED) is 0.431. The highest BCUT2D eigenvalue weighted by Crippen LogP contribution is 2.36. The molecule has 0 atom stereocenters. The number of ether oxygens (including phenoxy) is 3. The van der Waals surface area contributed by atoms with Crippen molar-refractivity contribution in [1.82, 2.24) is 0 Å². The number of esters is 2. The van der Waals surface area contributed by atoms with Crippen LogP contribution in [0.3, 0.4) is 0 Å². The molecule has 8 heteroatoms. The van der Waals surface area contributed by atoms with E-state index in [-0.39, 0.29) is 23.5 Å². The second kappa shape index (κ2) is 9.26. The summed E-state index contributed by atoms with van der Waals surface area (Å²) in [4.78, 5) is 23.7. The number of carbonyl (C=O) groups is 2. The Morgan fingerprint density at radius 3 is 2.35 bits per heavy atom. The molecule has 0 radical (unpaired) electrons. The lowest BCUT2D eigenvalue weighted by atomic mass is 10.2. The number of halogens is 3. The van der Waals surface area contributed by atoms with E-state index in [1.165, 1.54) is 30.3 Å². The summed E-state index contributed by atoms with van der Waals surface area (Å²) in [6.45, 7) is 3.18. The van der Waals surface area contributed by atoms with Crippen LogP contribution in [-0.4, -0.2) is 24.6 Å². The minimum atomic E-state index is -0.625. The zero-order valence-corrected chi connectivity index (χ0v) is 17.0. The van der Waals surface area contributed by atoms with Crippen LogP contribution in [0.1, 0.15) is 24.2 Å². The molecule has 0 bridgehead atoms. The maximum Gasteiger partial charge on any atom is 0.349 e. The third kappa shape index (κ3) is 5.90. The molecule has 0 aliphatic rings. The van der Waals surface area contributed by atoms with Crippen LogP contribution in [-0.2, 0) is 9.53 Å². The van der Waals surface area contributed by atoms with Gasteiger partial charge in [-0.1, -0.05) is 23.2 Å². The molecule has 5 nitrogen and oxygen atoms in total. The van der Waals surface area contributed by atoms with E-state index in [0.717, 1.165) is 0 Å². The molecule has 0 saturated carbocycles. The van der Waals surface area contributed by atoms with Crippen LogP contribution in [0.5, 0.6) is 11.5 Å². The summed E-state index contributed by atoms with van der Waals surface area (Å²) in [5.74, 6) is -0.496. The van der Waals surface area contributed by atoms with Crippen molar-refractivity contribution in [2.24, 2.45) is 0 Å². The lowest BCUT2D eigenvalue weighted by Gasteiger charge is -2.11. The molecule has 0 fully saturated rings. The van der Waals surface area contributed by atoms with Crippen LogP contribution in [0.25, 0.3) is 0 Å². The third-order valence-corrected chi connectivity index (χ3v) is 4.05. The zero-order chi connectivity index (χ0) is 19.3. The molecule has 0 saturated heterocycles. The summed E-state index contributed by atoms with van der Waals surface area (Å²) in [7, 11) is 0. The molecule has 2 aromatic rings. The maximum absolute atomic E-state index is 11.9. The van der Waals surface area contributed by atoms with Crippen molar-refractivity contribution in [3.63, 3.8) is 0 Å². The first-order chi connectivity index (χ1) is 12.3.